The molecule has 0 fully saturated rings. The molecule has 3 aromatic rings. The smallest absolute Gasteiger partial charge is 0.130 e. The average Bonchev–Trinajstić information content (AvgIpc) is 2.77. The average molecular weight is 342 g/mol. The molecule has 0 radical (unpaired) electrons. The second-order valence-corrected chi connectivity index (χ2v) is 5.98. The van der Waals surface area contributed by atoms with Crippen molar-refractivity contribution < 1.29 is 0 Å². The van der Waals surface area contributed by atoms with Crippen molar-refractivity contribution in [3.8, 4) is 16.9 Å². The molecule has 0 aliphatic heterocycles. The highest BCUT2D eigenvalue weighted by Gasteiger charge is 2.16. The highest BCUT2D eigenvalue weighted by Crippen LogP contribution is 2.31. The van der Waals surface area contributed by atoms with Crippen LogP contribution in [-0.2, 0) is 0 Å². The lowest BCUT2D eigenvalue weighted by Crippen LogP contribution is -2.01. The summed E-state index contributed by atoms with van der Waals surface area (Å²) < 4.78 is 2.86. The number of hydrogen-bond donors (Lipinski definition) is 1. The molecule has 0 aliphatic rings. The van der Waals surface area contributed by atoms with Gasteiger partial charge in [-0.3, -0.25) is 0 Å². The fourth-order valence-electron chi connectivity index (χ4n) is 2.42. The van der Waals surface area contributed by atoms with E-state index in [-0.39, 0.29) is 0 Å². The van der Waals surface area contributed by atoms with E-state index in [0.717, 1.165) is 27.0 Å². The Morgan fingerprint density at radius 3 is 2.43 bits per heavy atom. The molecule has 106 valence electrons. The predicted octanol–water partition coefficient (Wildman–Crippen LogP) is 4.50. The molecule has 0 atom stereocenters. The summed E-state index contributed by atoms with van der Waals surface area (Å²) in [6.45, 7) is 4.09. The third-order valence-corrected chi connectivity index (χ3v) is 4.11. The fraction of sp³-hybridized carbons (Fsp3) is 0.118. The van der Waals surface area contributed by atoms with E-state index < -0.39 is 0 Å². The Balaban J connectivity index is 2.17. The minimum absolute atomic E-state index is 0.679. The quantitative estimate of drug-likeness (QED) is 0.745. The number of benzene rings is 2. The van der Waals surface area contributed by atoms with E-state index in [1.165, 1.54) is 5.56 Å². The van der Waals surface area contributed by atoms with Crippen LogP contribution in [0.5, 0.6) is 0 Å². The van der Waals surface area contributed by atoms with Crippen molar-refractivity contribution in [1.29, 1.82) is 0 Å². The number of aryl methyl sites for hydroxylation is 1. The largest absolute Gasteiger partial charge is 0.383 e. The Hall–Kier alpha value is -2.07. The second kappa shape index (κ2) is 5.37. The van der Waals surface area contributed by atoms with E-state index >= 15 is 0 Å². The third-order valence-electron chi connectivity index (χ3n) is 3.61. The van der Waals surface area contributed by atoms with E-state index in [2.05, 4.69) is 35.0 Å². The third kappa shape index (κ3) is 2.47. The standard InChI is InChI=1S/C17H16BrN3/c1-11-10-13(18)8-9-15(11)16-12(2)17(19)21(20-16)14-6-4-3-5-7-14/h3-10H,19H2,1-2H3. The minimum Gasteiger partial charge on any atom is -0.383 e. The predicted molar refractivity (Wildman–Crippen MR) is 90.6 cm³/mol. The maximum absolute atomic E-state index is 6.24. The summed E-state index contributed by atoms with van der Waals surface area (Å²) in [7, 11) is 0. The van der Waals surface area contributed by atoms with Gasteiger partial charge in [0.2, 0.25) is 0 Å². The number of para-hydroxylation sites is 1. The van der Waals surface area contributed by atoms with Gasteiger partial charge in [0, 0.05) is 15.6 Å². The molecule has 1 aromatic heterocycles. The van der Waals surface area contributed by atoms with Gasteiger partial charge in [-0.2, -0.15) is 5.10 Å². The number of nitrogens with two attached hydrogens (primary N) is 1. The minimum atomic E-state index is 0.679. The fourth-order valence-corrected chi connectivity index (χ4v) is 2.90. The maximum Gasteiger partial charge on any atom is 0.130 e. The van der Waals surface area contributed by atoms with Gasteiger partial charge in [0.05, 0.1) is 11.4 Å². The number of rotatable bonds is 2. The van der Waals surface area contributed by atoms with Crippen LogP contribution in [0.2, 0.25) is 0 Å². The van der Waals surface area contributed by atoms with Gasteiger partial charge in [0.25, 0.3) is 0 Å². The second-order valence-electron chi connectivity index (χ2n) is 5.07. The van der Waals surface area contributed by atoms with E-state index in [0.29, 0.717) is 5.82 Å². The number of hydrogen-bond acceptors (Lipinski definition) is 2. The van der Waals surface area contributed by atoms with Crippen molar-refractivity contribution in [2.24, 2.45) is 0 Å². The van der Waals surface area contributed by atoms with Gasteiger partial charge >= 0.3 is 0 Å². The summed E-state index contributed by atoms with van der Waals surface area (Å²) >= 11 is 3.49. The summed E-state index contributed by atoms with van der Waals surface area (Å²) in [5.41, 5.74) is 11.4. The molecule has 2 aromatic carbocycles. The lowest BCUT2D eigenvalue weighted by Gasteiger charge is -2.04. The Labute approximate surface area is 132 Å². The molecule has 3 nitrogen and oxygen atoms in total. The summed E-state index contributed by atoms with van der Waals surface area (Å²) in [5.74, 6) is 0.679. The molecule has 0 amide bonds. The molecule has 4 heteroatoms. The Morgan fingerprint density at radius 1 is 1.05 bits per heavy atom. The number of anilines is 1. The van der Waals surface area contributed by atoms with Gasteiger partial charge in [0.15, 0.2) is 0 Å². The zero-order valence-electron chi connectivity index (χ0n) is 12.0. The molecule has 2 N–H and O–H groups in total. The maximum atomic E-state index is 6.24. The summed E-state index contributed by atoms with van der Waals surface area (Å²) in [6, 6.07) is 16.1. The van der Waals surface area contributed by atoms with E-state index in [1.54, 1.807) is 4.68 Å². The highest BCUT2D eigenvalue weighted by molar-refractivity contribution is 9.10. The van der Waals surface area contributed by atoms with Crippen molar-refractivity contribution >= 4 is 21.7 Å². The van der Waals surface area contributed by atoms with Gasteiger partial charge in [-0.25, -0.2) is 4.68 Å². The molecule has 0 spiro atoms. The lowest BCUT2D eigenvalue weighted by atomic mass is 10.0. The summed E-state index contributed by atoms with van der Waals surface area (Å²) in [6.07, 6.45) is 0. The highest BCUT2D eigenvalue weighted by atomic mass is 79.9. The molecule has 0 saturated carbocycles. The van der Waals surface area contributed by atoms with Crippen molar-refractivity contribution in [3.63, 3.8) is 0 Å². The SMILES string of the molecule is Cc1cc(Br)ccc1-c1nn(-c2ccccc2)c(N)c1C. The van der Waals surface area contributed by atoms with Gasteiger partial charge in [-0.15, -0.1) is 0 Å². The Bertz CT molecular complexity index is 791. The van der Waals surface area contributed by atoms with Crippen LogP contribution in [0.15, 0.2) is 53.0 Å². The van der Waals surface area contributed by atoms with Crippen molar-refractivity contribution in [2.45, 2.75) is 13.8 Å². The van der Waals surface area contributed by atoms with E-state index in [4.69, 9.17) is 10.8 Å². The van der Waals surface area contributed by atoms with Gasteiger partial charge in [-0.05, 0) is 43.7 Å². The Morgan fingerprint density at radius 2 is 1.76 bits per heavy atom. The number of nitrogens with zero attached hydrogens (tertiary/aromatic N) is 2. The molecular weight excluding hydrogens is 326 g/mol. The Kier molecular flexibility index (Phi) is 3.55. The molecule has 0 saturated heterocycles. The van der Waals surface area contributed by atoms with E-state index in [1.807, 2.05) is 43.3 Å². The first-order valence-corrected chi connectivity index (χ1v) is 7.54. The number of nitrogen functional groups attached to an aromatic ring is 1. The van der Waals surface area contributed by atoms with Crippen LogP contribution < -0.4 is 5.73 Å². The van der Waals surface area contributed by atoms with Gasteiger partial charge < -0.3 is 5.73 Å². The molecule has 1 heterocycles. The zero-order chi connectivity index (χ0) is 15.0. The first-order chi connectivity index (χ1) is 10.1. The molecule has 3 rings (SSSR count). The topological polar surface area (TPSA) is 43.8 Å². The molecular formula is C17H16BrN3. The molecule has 0 unspecified atom stereocenters. The van der Waals surface area contributed by atoms with Crippen molar-refractivity contribution in [1.82, 2.24) is 9.78 Å². The van der Waals surface area contributed by atoms with E-state index in [9.17, 15) is 0 Å². The first kappa shape index (κ1) is 13.9. The van der Waals surface area contributed by atoms with Gasteiger partial charge in [0.1, 0.15) is 5.82 Å². The summed E-state index contributed by atoms with van der Waals surface area (Å²) in [4.78, 5) is 0. The molecule has 21 heavy (non-hydrogen) atoms. The summed E-state index contributed by atoms with van der Waals surface area (Å²) in [5, 5.41) is 4.72. The monoisotopic (exact) mass is 341 g/mol. The van der Waals surface area contributed by atoms with Crippen molar-refractivity contribution in [2.75, 3.05) is 5.73 Å². The van der Waals surface area contributed by atoms with Crippen LogP contribution in [0.3, 0.4) is 0 Å². The van der Waals surface area contributed by atoms with Gasteiger partial charge in [-0.1, -0.05) is 40.2 Å². The van der Waals surface area contributed by atoms with Crippen LogP contribution in [0.4, 0.5) is 5.82 Å². The van der Waals surface area contributed by atoms with Crippen LogP contribution in [0.1, 0.15) is 11.1 Å². The molecule has 0 aliphatic carbocycles. The van der Waals surface area contributed by atoms with Crippen LogP contribution in [-0.4, -0.2) is 9.78 Å². The molecule has 0 bridgehead atoms. The van der Waals surface area contributed by atoms with Crippen LogP contribution >= 0.6 is 15.9 Å². The zero-order valence-corrected chi connectivity index (χ0v) is 13.6. The number of halogens is 1. The van der Waals surface area contributed by atoms with Crippen LogP contribution in [0, 0.1) is 13.8 Å². The van der Waals surface area contributed by atoms with Crippen LogP contribution in [0.25, 0.3) is 16.9 Å². The van der Waals surface area contributed by atoms with Crippen molar-refractivity contribution in [3.05, 3.63) is 64.1 Å². The normalized spacial score (nSPS) is 10.8. The number of aromatic nitrogens is 2. The lowest BCUT2D eigenvalue weighted by molar-refractivity contribution is 0.894. The first-order valence-electron chi connectivity index (χ1n) is 6.75.